The highest BCUT2D eigenvalue weighted by Gasteiger charge is 2.23. The van der Waals surface area contributed by atoms with Gasteiger partial charge in [0.2, 0.25) is 0 Å². The number of hydrogen-bond donors (Lipinski definition) is 1. The number of amides is 2. The molecule has 5 rings (SSSR count). The van der Waals surface area contributed by atoms with E-state index in [0.29, 0.717) is 17.2 Å². The van der Waals surface area contributed by atoms with E-state index in [-0.39, 0.29) is 11.5 Å². The highest BCUT2D eigenvalue weighted by Crippen LogP contribution is 2.30. The molecule has 0 saturated carbocycles. The third-order valence-electron chi connectivity index (χ3n) is 7.62. The summed E-state index contributed by atoms with van der Waals surface area (Å²) in [6.45, 7) is 2.73. The molecular weight excluding hydrogens is 508 g/mol. The molecule has 1 aromatic carbocycles. The van der Waals surface area contributed by atoms with Crippen LogP contribution in [-0.4, -0.2) is 70.2 Å². The van der Waals surface area contributed by atoms with Crippen LogP contribution in [0.2, 0.25) is 0 Å². The maximum absolute atomic E-state index is 12.9. The zero-order valence-corrected chi connectivity index (χ0v) is 23.3. The lowest BCUT2D eigenvalue weighted by molar-refractivity contribution is 0.0827. The fraction of sp³-hybridized carbons (Fsp3) is 0.333. The summed E-state index contributed by atoms with van der Waals surface area (Å²) in [7, 11) is 6.81. The number of benzene rings is 1. The van der Waals surface area contributed by atoms with Crippen LogP contribution in [0.1, 0.15) is 40.4 Å². The molecule has 1 N–H and O–H groups in total. The average Bonchev–Trinajstić information content (AvgIpc) is 3.28. The molecule has 4 aromatic rings. The van der Waals surface area contributed by atoms with Gasteiger partial charge in [-0.05, 0) is 67.7 Å². The molecule has 0 radical (unpaired) electrons. The molecular formula is C30H34N6O4. The monoisotopic (exact) mass is 542 g/mol. The van der Waals surface area contributed by atoms with Crippen molar-refractivity contribution in [2.45, 2.75) is 25.3 Å². The second-order valence-electron chi connectivity index (χ2n) is 10.4. The maximum atomic E-state index is 12.9. The Balaban J connectivity index is 1.29. The molecule has 10 nitrogen and oxygen atoms in total. The minimum absolute atomic E-state index is 0.0198. The predicted molar refractivity (Wildman–Crippen MR) is 154 cm³/mol. The first-order chi connectivity index (χ1) is 19.2. The van der Waals surface area contributed by atoms with Crippen molar-refractivity contribution in [3.8, 4) is 5.69 Å². The predicted octanol–water partition coefficient (Wildman–Crippen LogP) is 3.98. The second kappa shape index (κ2) is 11.4. The normalized spacial score (nSPS) is 14.3. The van der Waals surface area contributed by atoms with E-state index in [1.165, 1.54) is 18.7 Å². The van der Waals surface area contributed by atoms with E-state index in [4.69, 9.17) is 0 Å². The van der Waals surface area contributed by atoms with Crippen molar-refractivity contribution >= 4 is 28.7 Å². The summed E-state index contributed by atoms with van der Waals surface area (Å²) in [5, 5.41) is 3.41. The third kappa shape index (κ3) is 5.48. The summed E-state index contributed by atoms with van der Waals surface area (Å²) in [6, 6.07) is 15.0. The lowest BCUT2D eigenvalue weighted by atomic mass is 9.89. The molecule has 2 amide bonds. The van der Waals surface area contributed by atoms with Gasteiger partial charge in [0.1, 0.15) is 5.65 Å². The molecule has 0 atom stereocenters. The molecule has 0 spiro atoms. The third-order valence-corrected chi connectivity index (χ3v) is 7.62. The van der Waals surface area contributed by atoms with Gasteiger partial charge >= 0.3 is 6.09 Å². The fourth-order valence-corrected chi connectivity index (χ4v) is 5.35. The number of likely N-dealkylation sites (tertiary alicyclic amines) is 1. The molecule has 0 aliphatic carbocycles. The zero-order chi connectivity index (χ0) is 28.4. The lowest BCUT2D eigenvalue weighted by Crippen LogP contribution is -2.33. The van der Waals surface area contributed by atoms with Crippen LogP contribution in [0.5, 0.6) is 0 Å². The molecule has 0 unspecified atom stereocenters. The molecule has 4 heterocycles. The standard InChI is InChI=1S/C30H34N6O4/c1-33(2)29(38)22-7-5-20(6-8-22)21-10-14-35(15-11-21)19-24-18-25-26(9-13-31-28(25)34(24)3)36-16-12-23(17-27(36)37)32-30(39)40-4/h5-9,12-13,16-18,21H,10-11,14-15,19H2,1-4H3,(H,32,39). The summed E-state index contributed by atoms with van der Waals surface area (Å²) in [6.07, 6.45) is 4.82. The van der Waals surface area contributed by atoms with E-state index in [1.54, 1.807) is 42.0 Å². The van der Waals surface area contributed by atoms with Crippen molar-refractivity contribution in [2.75, 3.05) is 39.6 Å². The number of carbonyl (C=O) groups is 2. The van der Waals surface area contributed by atoms with Crippen molar-refractivity contribution in [1.82, 2.24) is 23.9 Å². The number of nitrogens with one attached hydrogen (secondary N) is 1. The van der Waals surface area contributed by atoms with E-state index in [9.17, 15) is 14.4 Å². The molecule has 0 bridgehead atoms. The van der Waals surface area contributed by atoms with Gasteiger partial charge in [-0.15, -0.1) is 0 Å². The maximum Gasteiger partial charge on any atom is 0.411 e. The van der Waals surface area contributed by atoms with Crippen LogP contribution >= 0.6 is 0 Å². The number of carbonyl (C=O) groups excluding carboxylic acids is 2. The van der Waals surface area contributed by atoms with Gasteiger partial charge in [-0.1, -0.05) is 12.1 Å². The minimum Gasteiger partial charge on any atom is -0.453 e. The van der Waals surface area contributed by atoms with E-state index < -0.39 is 6.09 Å². The highest BCUT2D eigenvalue weighted by atomic mass is 16.5. The number of methoxy groups -OCH3 is 1. The Morgan fingerprint density at radius 3 is 2.45 bits per heavy atom. The Morgan fingerprint density at radius 2 is 1.80 bits per heavy atom. The number of piperidine rings is 1. The van der Waals surface area contributed by atoms with Gasteiger partial charge in [0.05, 0.1) is 18.5 Å². The molecule has 10 heteroatoms. The van der Waals surface area contributed by atoms with E-state index in [2.05, 4.69) is 42.7 Å². The molecule has 1 aliphatic heterocycles. The number of fused-ring (bicyclic) bond motifs is 1. The Kier molecular flexibility index (Phi) is 7.70. The van der Waals surface area contributed by atoms with Gasteiger partial charge in [-0.25, -0.2) is 9.78 Å². The summed E-state index contributed by atoms with van der Waals surface area (Å²) >= 11 is 0. The van der Waals surface area contributed by atoms with Crippen molar-refractivity contribution < 1.29 is 14.3 Å². The first-order valence-corrected chi connectivity index (χ1v) is 13.3. The van der Waals surface area contributed by atoms with E-state index >= 15 is 0 Å². The summed E-state index contributed by atoms with van der Waals surface area (Å²) < 4.78 is 8.25. The average molecular weight is 543 g/mol. The Morgan fingerprint density at radius 1 is 1.07 bits per heavy atom. The van der Waals surface area contributed by atoms with Crippen LogP contribution in [0.4, 0.5) is 10.5 Å². The van der Waals surface area contributed by atoms with Crippen LogP contribution in [0, 0.1) is 0 Å². The lowest BCUT2D eigenvalue weighted by Gasteiger charge is -2.32. The number of pyridine rings is 2. The van der Waals surface area contributed by atoms with Gasteiger partial charge < -0.3 is 14.2 Å². The summed E-state index contributed by atoms with van der Waals surface area (Å²) in [4.78, 5) is 45.2. The van der Waals surface area contributed by atoms with Crippen molar-refractivity contribution in [1.29, 1.82) is 0 Å². The van der Waals surface area contributed by atoms with Crippen LogP contribution in [0.3, 0.4) is 0 Å². The van der Waals surface area contributed by atoms with Crippen LogP contribution in [0.25, 0.3) is 16.7 Å². The highest BCUT2D eigenvalue weighted by molar-refractivity contribution is 5.93. The van der Waals surface area contributed by atoms with Crippen molar-refractivity contribution in [3.63, 3.8) is 0 Å². The first kappa shape index (κ1) is 27.1. The van der Waals surface area contributed by atoms with Crippen LogP contribution in [0.15, 0.2) is 65.7 Å². The van der Waals surface area contributed by atoms with Gasteiger partial charge in [0.25, 0.3) is 11.5 Å². The summed E-state index contributed by atoms with van der Waals surface area (Å²) in [5.74, 6) is 0.496. The second-order valence-corrected chi connectivity index (χ2v) is 10.4. The van der Waals surface area contributed by atoms with Crippen molar-refractivity contribution in [2.24, 2.45) is 7.05 Å². The van der Waals surface area contributed by atoms with Crippen LogP contribution in [-0.2, 0) is 18.3 Å². The molecule has 40 heavy (non-hydrogen) atoms. The number of hydrogen-bond acceptors (Lipinski definition) is 6. The number of ether oxygens (including phenoxy) is 1. The van der Waals surface area contributed by atoms with Gasteiger partial charge in [-0.3, -0.25) is 24.4 Å². The Hall–Kier alpha value is -4.44. The fourth-order valence-electron chi connectivity index (χ4n) is 5.35. The molecule has 3 aromatic heterocycles. The number of nitrogens with zero attached hydrogens (tertiary/aromatic N) is 5. The minimum atomic E-state index is -0.630. The van der Waals surface area contributed by atoms with Gasteiger partial charge in [0.15, 0.2) is 0 Å². The quantitative estimate of drug-likeness (QED) is 0.396. The van der Waals surface area contributed by atoms with Gasteiger partial charge in [0, 0.05) is 62.8 Å². The first-order valence-electron chi connectivity index (χ1n) is 13.3. The largest absolute Gasteiger partial charge is 0.453 e. The van der Waals surface area contributed by atoms with Crippen molar-refractivity contribution in [3.05, 3.63) is 88.1 Å². The smallest absolute Gasteiger partial charge is 0.411 e. The van der Waals surface area contributed by atoms with Gasteiger partial charge in [-0.2, -0.15) is 0 Å². The number of aryl methyl sites for hydroxylation is 1. The molecule has 1 aliphatic rings. The van der Waals surface area contributed by atoms with E-state index in [1.807, 2.05) is 25.2 Å². The number of rotatable bonds is 6. The number of aromatic nitrogens is 3. The topological polar surface area (TPSA) is 102 Å². The summed E-state index contributed by atoms with van der Waals surface area (Å²) in [5.41, 5.74) is 4.76. The van der Waals surface area contributed by atoms with E-state index in [0.717, 1.165) is 54.9 Å². The number of anilines is 1. The Bertz CT molecular complexity index is 1600. The zero-order valence-electron chi connectivity index (χ0n) is 23.3. The molecule has 208 valence electrons. The molecule has 1 fully saturated rings. The Labute approximate surface area is 232 Å². The SMILES string of the molecule is COC(=O)Nc1ccn(-c2ccnc3c2cc(CN2CCC(c4ccc(C(=O)N(C)C)cc4)CC2)n3C)c(=O)c1. The molecule has 1 saturated heterocycles. The van der Waals surface area contributed by atoms with Crippen LogP contribution < -0.4 is 10.9 Å².